The molecule has 1 unspecified atom stereocenters. The van der Waals surface area contributed by atoms with Gasteiger partial charge in [-0.3, -0.25) is 4.90 Å². The predicted octanol–water partition coefficient (Wildman–Crippen LogP) is 4.34. The zero-order chi connectivity index (χ0) is 14.9. The molecule has 118 valence electrons. The van der Waals surface area contributed by atoms with Crippen molar-refractivity contribution in [2.45, 2.75) is 71.5 Å². The van der Waals surface area contributed by atoms with Crippen LogP contribution in [-0.4, -0.2) is 24.0 Å². The number of hydrogen-bond donors (Lipinski definition) is 1. The van der Waals surface area contributed by atoms with Crippen molar-refractivity contribution in [3.63, 3.8) is 0 Å². The molecule has 2 heteroatoms. The van der Waals surface area contributed by atoms with E-state index >= 15 is 0 Å². The normalized spacial score (nSPS) is 19.8. The first-order valence-electron chi connectivity index (χ1n) is 8.86. The monoisotopic (exact) mass is 288 g/mol. The molecule has 1 aliphatic rings. The van der Waals surface area contributed by atoms with E-state index in [1.807, 2.05) is 0 Å². The highest BCUT2D eigenvalue weighted by Crippen LogP contribution is 2.23. The minimum absolute atomic E-state index is 0.811. The number of nitrogens with zero attached hydrogens (tertiary/aromatic N) is 1. The average Bonchev–Trinajstić information content (AvgIpc) is 2.50. The Bertz CT molecular complexity index is 400. The van der Waals surface area contributed by atoms with Crippen molar-refractivity contribution >= 4 is 0 Å². The highest BCUT2D eigenvalue weighted by Gasteiger charge is 2.21. The van der Waals surface area contributed by atoms with E-state index in [-0.39, 0.29) is 0 Å². The molecule has 0 bridgehead atoms. The third-order valence-corrected chi connectivity index (χ3v) is 4.50. The third-order valence-electron chi connectivity index (χ3n) is 4.50. The van der Waals surface area contributed by atoms with Crippen LogP contribution in [0, 0.1) is 0 Å². The van der Waals surface area contributed by atoms with Gasteiger partial charge in [0.1, 0.15) is 0 Å². The van der Waals surface area contributed by atoms with Crippen LogP contribution in [0.1, 0.15) is 63.5 Å². The average molecular weight is 288 g/mol. The first kappa shape index (κ1) is 16.5. The van der Waals surface area contributed by atoms with Crippen LogP contribution in [-0.2, 0) is 13.1 Å². The maximum absolute atomic E-state index is 3.50. The molecule has 1 atom stereocenters. The number of benzene rings is 1. The third kappa shape index (κ3) is 5.44. The van der Waals surface area contributed by atoms with Gasteiger partial charge in [-0.1, -0.05) is 51.0 Å². The molecule has 21 heavy (non-hydrogen) atoms. The van der Waals surface area contributed by atoms with Crippen molar-refractivity contribution in [1.82, 2.24) is 10.2 Å². The van der Waals surface area contributed by atoms with E-state index < -0.39 is 0 Å². The smallest absolute Gasteiger partial charge is 0.0236 e. The Kier molecular flexibility index (Phi) is 7.25. The molecular weight excluding hydrogens is 256 g/mol. The highest BCUT2D eigenvalue weighted by atomic mass is 15.2. The molecule has 0 spiro atoms. The van der Waals surface area contributed by atoms with Crippen LogP contribution >= 0.6 is 0 Å². The van der Waals surface area contributed by atoms with E-state index in [0.717, 1.165) is 25.7 Å². The van der Waals surface area contributed by atoms with E-state index in [2.05, 4.69) is 48.3 Å². The molecule has 0 radical (unpaired) electrons. The van der Waals surface area contributed by atoms with E-state index in [4.69, 9.17) is 0 Å². The van der Waals surface area contributed by atoms with Crippen LogP contribution in [0.5, 0.6) is 0 Å². The molecule has 1 aliphatic heterocycles. The van der Waals surface area contributed by atoms with Gasteiger partial charge in [0.05, 0.1) is 0 Å². The van der Waals surface area contributed by atoms with Crippen molar-refractivity contribution in [3.8, 4) is 0 Å². The Morgan fingerprint density at radius 2 is 2.00 bits per heavy atom. The molecule has 0 saturated carbocycles. The second-order valence-electron chi connectivity index (χ2n) is 6.41. The van der Waals surface area contributed by atoms with Gasteiger partial charge in [-0.15, -0.1) is 0 Å². The number of rotatable bonds is 8. The molecule has 1 aromatic rings. The minimum atomic E-state index is 0.811. The van der Waals surface area contributed by atoms with Crippen LogP contribution in [0.3, 0.4) is 0 Å². The zero-order valence-electron chi connectivity index (χ0n) is 13.9. The largest absolute Gasteiger partial charge is 0.313 e. The summed E-state index contributed by atoms with van der Waals surface area (Å²) in [7, 11) is 0. The summed E-state index contributed by atoms with van der Waals surface area (Å²) >= 11 is 0. The summed E-state index contributed by atoms with van der Waals surface area (Å²) in [5.41, 5.74) is 2.90. The lowest BCUT2D eigenvalue weighted by atomic mass is 9.97. The van der Waals surface area contributed by atoms with E-state index in [9.17, 15) is 0 Å². The molecular formula is C19H32N2. The van der Waals surface area contributed by atoms with Crippen LogP contribution in [0.2, 0.25) is 0 Å². The molecule has 1 saturated heterocycles. The van der Waals surface area contributed by atoms with Gasteiger partial charge in [-0.05, 0) is 49.9 Å². The van der Waals surface area contributed by atoms with Gasteiger partial charge in [0, 0.05) is 19.1 Å². The van der Waals surface area contributed by atoms with Crippen molar-refractivity contribution in [2.75, 3.05) is 13.1 Å². The first-order chi connectivity index (χ1) is 10.3. The summed E-state index contributed by atoms with van der Waals surface area (Å²) in [6.07, 6.45) is 8.05. The topological polar surface area (TPSA) is 15.3 Å². The number of piperidine rings is 1. The number of likely N-dealkylation sites (tertiary alicyclic amines) is 1. The molecule has 0 aromatic heterocycles. The van der Waals surface area contributed by atoms with E-state index in [1.54, 1.807) is 0 Å². The van der Waals surface area contributed by atoms with Gasteiger partial charge in [-0.25, -0.2) is 0 Å². The molecule has 2 nitrogen and oxygen atoms in total. The first-order valence-corrected chi connectivity index (χ1v) is 8.86. The Morgan fingerprint density at radius 3 is 2.81 bits per heavy atom. The molecule has 1 N–H and O–H groups in total. The van der Waals surface area contributed by atoms with Gasteiger partial charge in [0.25, 0.3) is 0 Å². The lowest BCUT2D eigenvalue weighted by molar-refractivity contribution is 0.131. The molecule has 1 heterocycles. The highest BCUT2D eigenvalue weighted by molar-refractivity contribution is 5.23. The quantitative estimate of drug-likeness (QED) is 0.716. The van der Waals surface area contributed by atoms with Crippen molar-refractivity contribution in [1.29, 1.82) is 0 Å². The lowest BCUT2D eigenvalue weighted by Gasteiger charge is -2.35. The van der Waals surface area contributed by atoms with Gasteiger partial charge in [-0.2, -0.15) is 0 Å². The zero-order valence-corrected chi connectivity index (χ0v) is 13.9. The van der Waals surface area contributed by atoms with Crippen molar-refractivity contribution in [2.24, 2.45) is 0 Å². The van der Waals surface area contributed by atoms with Gasteiger partial charge < -0.3 is 5.32 Å². The standard InChI is InChI=1S/C19H32N2/c1-3-8-19-11-5-6-13-21(19)16-18-10-7-9-17(14-18)15-20-12-4-2/h7,9-10,14,19-20H,3-6,8,11-13,15-16H2,1-2H3. The molecule has 0 aliphatic carbocycles. The van der Waals surface area contributed by atoms with Crippen molar-refractivity contribution in [3.05, 3.63) is 35.4 Å². The lowest BCUT2D eigenvalue weighted by Crippen LogP contribution is -2.38. The molecule has 1 fully saturated rings. The Morgan fingerprint density at radius 1 is 1.14 bits per heavy atom. The number of nitrogens with one attached hydrogen (secondary N) is 1. The Hall–Kier alpha value is -0.860. The molecule has 1 aromatic carbocycles. The fourth-order valence-electron chi connectivity index (χ4n) is 3.41. The summed E-state index contributed by atoms with van der Waals surface area (Å²) in [6, 6.07) is 9.95. The maximum atomic E-state index is 3.50. The summed E-state index contributed by atoms with van der Waals surface area (Å²) in [5, 5.41) is 3.50. The van der Waals surface area contributed by atoms with Crippen LogP contribution < -0.4 is 5.32 Å². The van der Waals surface area contributed by atoms with E-state index in [0.29, 0.717) is 0 Å². The Labute approximate surface area is 130 Å². The van der Waals surface area contributed by atoms with E-state index in [1.165, 1.54) is 56.2 Å². The fraction of sp³-hybridized carbons (Fsp3) is 0.684. The van der Waals surface area contributed by atoms with Gasteiger partial charge in [0.2, 0.25) is 0 Å². The van der Waals surface area contributed by atoms with Crippen LogP contribution in [0.25, 0.3) is 0 Å². The van der Waals surface area contributed by atoms with Crippen molar-refractivity contribution < 1.29 is 0 Å². The predicted molar refractivity (Wildman–Crippen MR) is 91.4 cm³/mol. The molecule has 2 rings (SSSR count). The number of hydrogen-bond acceptors (Lipinski definition) is 2. The summed E-state index contributed by atoms with van der Waals surface area (Å²) in [6.45, 7) is 9.05. The SMILES string of the molecule is CCCNCc1cccc(CN2CCCCC2CCC)c1. The summed E-state index contributed by atoms with van der Waals surface area (Å²) < 4.78 is 0. The summed E-state index contributed by atoms with van der Waals surface area (Å²) in [5.74, 6) is 0. The second kappa shape index (κ2) is 9.22. The molecule has 0 amide bonds. The Balaban J connectivity index is 1.92. The maximum Gasteiger partial charge on any atom is 0.0236 e. The second-order valence-corrected chi connectivity index (χ2v) is 6.41. The summed E-state index contributed by atoms with van der Waals surface area (Å²) in [4.78, 5) is 2.71. The fourth-order valence-corrected chi connectivity index (χ4v) is 3.41. The van der Waals surface area contributed by atoms with Gasteiger partial charge >= 0.3 is 0 Å². The minimum Gasteiger partial charge on any atom is -0.313 e. The van der Waals surface area contributed by atoms with Crippen LogP contribution in [0.4, 0.5) is 0 Å². The van der Waals surface area contributed by atoms with Crippen LogP contribution in [0.15, 0.2) is 24.3 Å². The van der Waals surface area contributed by atoms with Gasteiger partial charge in [0.15, 0.2) is 0 Å².